The standard InChI is InChI=1S/C18H26N2O/c21-18-15-16-9-3-4-10-17(16)20(18)14-8-2-7-13-19-11-5-1-6-12-19/h3-4,9-10H,1-2,5-8,11-15H2. The molecular formula is C18H26N2O. The second kappa shape index (κ2) is 7.08. The van der Waals surface area contributed by atoms with Gasteiger partial charge in [0.25, 0.3) is 0 Å². The van der Waals surface area contributed by atoms with Crippen LogP contribution in [0.25, 0.3) is 0 Å². The number of hydrogen-bond donors (Lipinski definition) is 0. The maximum atomic E-state index is 12.1. The van der Waals surface area contributed by atoms with Crippen molar-refractivity contribution in [1.29, 1.82) is 0 Å². The molecule has 0 spiro atoms. The summed E-state index contributed by atoms with van der Waals surface area (Å²) in [6.07, 6.45) is 8.36. The van der Waals surface area contributed by atoms with E-state index in [4.69, 9.17) is 0 Å². The van der Waals surface area contributed by atoms with E-state index >= 15 is 0 Å². The fraction of sp³-hybridized carbons (Fsp3) is 0.611. The van der Waals surface area contributed by atoms with Crippen LogP contribution in [0.3, 0.4) is 0 Å². The van der Waals surface area contributed by atoms with Crippen molar-refractivity contribution in [3.63, 3.8) is 0 Å². The molecule has 3 rings (SSSR count). The molecule has 0 radical (unpaired) electrons. The Morgan fingerprint density at radius 1 is 0.905 bits per heavy atom. The molecule has 0 bridgehead atoms. The van der Waals surface area contributed by atoms with E-state index in [0.717, 1.165) is 18.7 Å². The van der Waals surface area contributed by atoms with E-state index in [9.17, 15) is 4.79 Å². The van der Waals surface area contributed by atoms with Crippen molar-refractivity contribution in [2.24, 2.45) is 0 Å². The second-order valence-corrected chi connectivity index (χ2v) is 6.31. The molecular weight excluding hydrogens is 260 g/mol. The Morgan fingerprint density at radius 2 is 1.67 bits per heavy atom. The first-order valence-corrected chi connectivity index (χ1v) is 8.45. The Morgan fingerprint density at radius 3 is 2.52 bits per heavy atom. The predicted octanol–water partition coefficient (Wildman–Crippen LogP) is 3.23. The lowest BCUT2D eigenvalue weighted by atomic mass is 10.1. The molecule has 1 aromatic rings. The smallest absolute Gasteiger partial charge is 0.231 e. The molecule has 3 nitrogen and oxygen atoms in total. The number of carbonyl (C=O) groups is 1. The highest BCUT2D eigenvalue weighted by Gasteiger charge is 2.25. The number of anilines is 1. The summed E-state index contributed by atoms with van der Waals surface area (Å²) in [5.74, 6) is 0.271. The lowest BCUT2D eigenvalue weighted by Crippen LogP contribution is -2.31. The molecule has 0 aromatic heterocycles. The lowest BCUT2D eigenvalue weighted by molar-refractivity contribution is -0.117. The van der Waals surface area contributed by atoms with Crippen LogP contribution in [-0.4, -0.2) is 37.0 Å². The molecule has 0 aliphatic carbocycles. The van der Waals surface area contributed by atoms with Gasteiger partial charge >= 0.3 is 0 Å². The van der Waals surface area contributed by atoms with E-state index in [2.05, 4.69) is 17.0 Å². The monoisotopic (exact) mass is 286 g/mol. The highest BCUT2D eigenvalue weighted by atomic mass is 16.2. The number of hydrogen-bond acceptors (Lipinski definition) is 2. The van der Waals surface area contributed by atoms with Crippen LogP contribution in [-0.2, 0) is 11.2 Å². The van der Waals surface area contributed by atoms with E-state index < -0.39 is 0 Å². The van der Waals surface area contributed by atoms with E-state index in [1.54, 1.807) is 0 Å². The molecule has 1 saturated heterocycles. The third-order valence-corrected chi connectivity index (χ3v) is 4.73. The summed E-state index contributed by atoms with van der Waals surface area (Å²) in [5, 5.41) is 0. The molecule has 2 heterocycles. The lowest BCUT2D eigenvalue weighted by Gasteiger charge is -2.26. The van der Waals surface area contributed by atoms with Gasteiger partial charge in [0.15, 0.2) is 0 Å². The topological polar surface area (TPSA) is 23.6 Å². The van der Waals surface area contributed by atoms with Crippen LogP contribution in [0.5, 0.6) is 0 Å². The van der Waals surface area contributed by atoms with Gasteiger partial charge < -0.3 is 9.80 Å². The molecule has 0 atom stereocenters. The van der Waals surface area contributed by atoms with Crippen LogP contribution in [0.4, 0.5) is 5.69 Å². The zero-order chi connectivity index (χ0) is 14.5. The summed E-state index contributed by atoms with van der Waals surface area (Å²) < 4.78 is 0. The van der Waals surface area contributed by atoms with Gasteiger partial charge in [-0.15, -0.1) is 0 Å². The molecule has 0 saturated carbocycles. The number of unbranched alkanes of at least 4 members (excludes halogenated alkanes) is 2. The number of nitrogens with zero attached hydrogens (tertiary/aromatic N) is 2. The number of piperidine rings is 1. The fourth-order valence-corrected chi connectivity index (χ4v) is 3.53. The number of para-hydroxylation sites is 1. The van der Waals surface area contributed by atoms with Gasteiger partial charge in [-0.25, -0.2) is 0 Å². The van der Waals surface area contributed by atoms with E-state index in [1.807, 2.05) is 17.0 Å². The van der Waals surface area contributed by atoms with E-state index in [1.165, 1.54) is 57.3 Å². The minimum atomic E-state index is 0.271. The minimum absolute atomic E-state index is 0.271. The fourth-order valence-electron chi connectivity index (χ4n) is 3.53. The minimum Gasteiger partial charge on any atom is -0.312 e. The second-order valence-electron chi connectivity index (χ2n) is 6.31. The molecule has 2 aliphatic rings. The Hall–Kier alpha value is -1.35. The molecule has 1 fully saturated rings. The van der Waals surface area contributed by atoms with Crippen molar-refractivity contribution in [1.82, 2.24) is 4.90 Å². The first-order chi connectivity index (χ1) is 10.3. The summed E-state index contributed by atoms with van der Waals surface area (Å²) in [4.78, 5) is 16.6. The van der Waals surface area contributed by atoms with Gasteiger partial charge in [-0.05, 0) is 56.9 Å². The van der Waals surface area contributed by atoms with Gasteiger partial charge in [0.1, 0.15) is 0 Å². The molecule has 1 amide bonds. The van der Waals surface area contributed by atoms with Crippen LogP contribution in [0.15, 0.2) is 24.3 Å². The number of carbonyl (C=O) groups excluding carboxylic acids is 1. The predicted molar refractivity (Wildman–Crippen MR) is 86.6 cm³/mol. The van der Waals surface area contributed by atoms with Crippen LogP contribution < -0.4 is 4.90 Å². The SMILES string of the molecule is O=C1Cc2ccccc2N1CCCCCN1CCCCC1. The number of rotatable bonds is 6. The number of amides is 1. The number of likely N-dealkylation sites (tertiary alicyclic amines) is 1. The van der Waals surface area contributed by atoms with Crippen molar-refractivity contribution in [2.75, 3.05) is 31.1 Å². The highest BCUT2D eigenvalue weighted by molar-refractivity contribution is 6.01. The molecule has 21 heavy (non-hydrogen) atoms. The van der Waals surface area contributed by atoms with Crippen molar-refractivity contribution in [3.05, 3.63) is 29.8 Å². The number of benzene rings is 1. The van der Waals surface area contributed by atoms with E-state index in [-0.39, 0.29) is 5.91 Å². The summed E-state index contributed by atoms with van der Waals surface area (Å²) >= 11 is 0. The first kappa shape index (κ1) is 14.6. The summed E-state index contributed by atoms with van der Waals surface area (Å²) in [6, 6.07) is 8.20. The zero-order valence-corrected chi connectivity index (χ0v) is 12.9. The van der Waals surface area contributed by atoms with Crippen molar-refractivity contribution >= 4 is 11.6 Å². The maximum Gasteiger partial charge on any atom is 0.231 e. The van der Waals surface area contributed by atoms with Gasteiger partial charge in [0.05, 0.1) is 6.42 Å². The van der Waals surface area contributed by atoms with Crippen molar-refractivity contribution in [3.8, 4) is 0 Å². The number of fused-ring (bicyclic) bond motifs is 1. The van der Waals surface area contributed by atoms with Crippen LogP contribution >= 0.6 is 0 Å². The maximum absolute atomic E-state index is 12.1. The Balaban J connectivity index is 1.38. The quantitative estimate of drug-likeness (QED) is 0.750. The third-order valence-electron chi connectivity index (χ3n) is 4.73. The van der Waals surface area contributed by atoms with E-state index in [0.29, 0.717) is 6.42 Å². The Labute approximate surface area is 127 Å². The molecule has 1 aromatic carbocycles. The Kier molecular flexibility index (Phi) is 4.91. The largest absolute Gasteiger partial charge is 0.312 e. The average molecular weight is 286 g/mol. The van der Waals surface area contributed by atoms with Crippen LogP contribution in [0, 0.1) is 0 Å². The van der Waals surface area contributed by atoms with Gasteiger partial charge in [-0.2, -0.15) is 0 Å². The zero-order valence-electron chi connectivity index (χ0n) is 12.9. The molecule has 0 N–H and O–H groups in total. The Bertz CT molecular complexity index is 480. The molecule has 0 unspecified atom stereocenters. The molecule has 2 aliphatic heterocycles. The summed E-state index contributed by atoms with van der Waals surface area (Å²) in [7, 11) is 0. The summed E-state index contributed by atoms with van der Waals surface area (Å²) in [5.41, 5.74) is 2.33. The van der Waals surface area contributed by atoms with Gasteiger partial charge in [0.2, 0.25) is 5.91 Å². The average Bonchev–Trinajstić information content (AvgIpc) is 2.84. The normalized spacial score (nSPS) is 19.0. The summed E-state index contributed by atoms with van der Waals surface area (Å²) in [6.45, 7) is 4.70. The highest BCUT2D eigenvalue weighted by Crippen LogP contribution is 2.28. The molecule has 114 valence electrons. The van der Waals surface area contributed by atoms with Gasteiger partial charge in [-0.3, -0.25) is 4.79 Å². The first-order valence-electron chi connectivity index (χ1n) is 8.45. The van der Waals surface area contributed by atoms with Crippen molar-refractivity contribution in [2.45, 2.75) is 44.9 Å². The van der Waals surface area contributed by atoms with Gasteiger partial charge in [-0.1, -0.05) is 31.0 Å². The van der Waals surface area contributed by atoms with Crippen LogP contribution in [0.1, 0.15) is 44.1 Å². The van der Waals surface area contributed by atoms with Gasteiger partial charge in [0, 0.05) is 12.2 Å². The van der Waals surface area contributed by atoms with Crippen LogP contribution in [0.2, 0.25) is 0 Å². The third kappa shape index (κ3) is 3.65. The van der Waals surface area contributed by atoms with Crippen molar-refractivity contribution < 1.29 is 4.79 Å². The molecule has 3 heteroatoms.